The second-order valence-electron chi connectivity index (χ2n) is 11.5. The second kappa shape index (κ2) is 13.4. The van der Waals surface area contributed by atoms with Crippen LogP contribution >= 0.6 is 0 Å². The molecule has 0 spiro atoms. The molecule has 4 heteroatoms. The Hall–Kier alpha value is -6.00. The van der Waals surface area contributed by atoms with Crippen molar-refractivity contribution in [1.82, 2.24) is 0 Å². The van der Waals surface area contributed by atoms with Gasteiger partial charge in [-0.3, -0.25) is 0 Å². The first-order chi connectivity index (χ1) is 23.6. The molecular weight excluding hydrogens is 598 g/mol. The molecule has 48 heavy (non-hydrogen) atoms. The maximum absolute atomic E-state index is 16.2. The van der Waals surface area contributed by atoms with E-state index in [9.17, 15) is 0 Å². The summed E-state index contributed by atoms with van der Waals surface area (Å²) in [5.74, 6) is -0.213. The fraction of sp³-hybridized carbons (Fsp3) is 0.0455. The van der Waals surface area contributed by atoms with Crippen LogP contribution in [-0.2, 0) is 0 Å². The summed E-state index contributed by atoms with van der Waals surface area (Å²) in [6, 6.07) is 49.9. The van der Waals surface area contributed by atoms with Crippen LogP contribution in [0.4, 0.5) is 8.78 Å². The van der Waals surface area contributed by atoms with Crippen molar-refractivity contribution in [2.45, 2.75) is 0 Å². The van der Waals surface area contributed by atoms with Crippen molar-refractivity contribution in [3.05, 3.63) is 169 Å². The SMILES string of the molecule is COc1c(-c2cccc(-c3ccccc3)c2)cccc1-c1cc(F)c(-c2cccc(-c3cccc(-c4ccccc4)c3)c2OC)cc1F. The molecule has 2 nitrogen and oxygen atoms in total. The summed E-state index contributed by atoms with van der Waals surface area (Å²) in [5, 5.41) is 0. The predicted octanol–water partition coefficient (Wildman–Crippen LogP) is 12.0. The summed E-state index contributed by atoms with van der Waals surface area (Å²) in [6.45, 7) is 0. The van der Waals surface area contributed by atoms with Gasteiger partial charge in [0.2, 0.25) is 0 Å². The van der Waals surface area contributed by atoms with E-state index in [0.717, 1.165) is 44.5 Å². The quantitative estimate of drug-likeness (QED) is 0.166. The maximum Gasteiger partial charge on any atom is 0.134 e. The normalized spacial score (nSPS) is 10.9. The van der Waals surface area contributed by atoms with E-state index in [4.69, 9.17) is 9.47 Å². The van der Waals surface area contributed by atoms with Crippen molar-refractivity contribution in [3.8, 4) is 78.3 Å². The molecular formula is C44H32F2O2. The monoisotopic (exact) mass is 630 g/mol. The van der Waals surface area contributed by atoms with Crippen molar-refractivity contribution in [2.75, 3.05) is 14.2 Å². The van der Waals surface area contributed by atoms with Crippen LogP contribution < -0.4 is 9.47 Å². The van der Waals surface area contributed by atoms with E-state index in [2.05, 4.69) is 36.4 Å². The Bertz CT molecular complexity index is 2070. The summed E-state index contributed by atoms with van der Waals surface area (Å²) in [6.07, 6.45) is 0. The van der Waals surface area contributed by atoms with Gasteiger partial charge in [-0.15, -0.1) is 0 Å². The van der Waals surface area contributed by atoms with Gasteiger partial charge in [0.15, 0.2) is 0 Å². The molecule has 7 aromatic carbocycles. The van der Waals surface area contributed by atoms with E-state index in [-0.39, 0.29) is 11.1 Å². The third-order valence-corrected chi connectivity index (χ3v) is 8.64. The minimum atomic E-state index is -0.571. The van der Waals surface area contributed by atoms with Crippen LogP contribution in [0.1, 0.15) is 0 Å². The van der Waals surface area contributed by atoms with E-state index >= 15 is 8.78 Å². The van der Waals surface area contributed by atoms with Crippen molar-refractivity contribution < 1.29 is 18.3 Å². The third-order valence-electron chi connectivity index (χ3n) is 8.64. The maximum atomic E-state index is 16.2. The molecule has 0 N–H and O–H groups in total. The lowest BCUT2D eigenvalue weighted by atomic mass is 9.92. The smallest absolute Gasteiger partial charge is 0.134 e. The number of ether oxygens (including phenoxy) is 2. The molecule has 0 atom stereocenters. The minimum Gasteiger partial charge on any atom is -0.495 e. The van der Waals surface area contributed by atoms with Crippen molar-refractivity contribution >= 4 is 0 Å². The second-order valence-corrected chi connectivity index (χ2v) is 11.5. The van der Waals surface area contributed by atoms with Crippen molar-refractivity contribution in [3.63, 3.8) is 0 Å². The summed E-state index contributed by atoms with van der Waals surface area (Å²) in [7, 11) is 3.10. The molecule has 0 saturated heterocycles. The van der Waals surface area contributed by atoms with Gasteiger partial charge in [-0.25, -0.2) is 8.78 Å². The molecule has 0 bridgehead atoms. The summed E-state index contributed by atoms with van der Waals surface area (Å²) >= 11 is 0. The van der Waals surface area contributed by atoms with Gasteiger partial charge in [-0.1, -0.05) is 133 Å². The molecule has 0 saturated carbocycles. The highest BCUT2D eigenvalue weighted by molar-refractivity contribution is 5.88. The highest BCUT2D eigenvalue weighted by Crippen LogP contribution is 2.44. The Kier molecular flexibility index (Phi) is 8.55. The number of halogens is 2. The van der Waals surface area contributed by atoms with Crippen molar-refractivity contribution in [1.29, 1.82) is 0 Å². The standard InChI is InChI=1S/C44H32F2O2/c1-47-43-35(33-19-9-17-31(25-33)29-13-5-3-6-14-29)21-11-23-37(43)39-27-42(46)40(28-41(39)45)38-24-12-22-36(44(38)48-2)34-20-10-18-32(26-34)30-15-7-4-8-16-30/h3-28H,1-2H3. The van der Waals surface area contributed by atoms with Gasteiger partial charge in [0.1, 0.15) is 23.1 Å². The molecule has 0 fully saturated rings. The number of benzene rings is 7. The Balaban J connectivity index is 1.29. The van der Waals surface area contributed by atoms with Gasteiger partial charge in [0.25, 0.3) is 0 Å². The van der Waals surface area contributed by atoms with Crippen LogP contribution in [0.15, 0.2) is 158 Å². The lowest BCUT2D eigenvalue weighted by Crippen LogP contribution is -1.98. The van der Waals surface area contributed by atoms with E-state index < -0.39 is 11.6 Å². The van der Waals surface area contributed by atoms with Crippen LogP contribution in [0.25, 0.3) is 66.8 Å². The average molecular weight is 631 g/mol. The van der Waals surface area contributed by atoms with Gasteiger partial charge in [-0.05, 0) is 57.6 Å². The molecule has 7 aromatic rings. The van der Waals surface area contributed by atoms with Crippen LogP contribution in [0.5, 0.6) is 11.5 Å². The third kappa shape index (κ3) is 5.85. The predicted molar refractivity (Wildman–Crippen MR) is 192 cm³/mol. The molecule has 0 aromatic heterocycles. The molecule has 234 valence electrons. The molecule has 0 amide bonds. The minimum absolute atomic E-state index is 0.111. The fourth-order valence-electron chi connectivity index (χ4n) is 6.35. The first-order valence-corrected chi connectivity index (χ1v) is 15.7. The van der Waals surface area contributed by atoms with Gasteiger partial charge in [0, 0.05) is 33.4 Å². The Morgan fingerprint density at radius 3 is 1.04 bits per heavy atom. The Labute approximate surface area is 279 Å². The van der Waals surface area contributed by atoms with Gasteiger partial charge in [0.05, 0.1) is 14.2 Å². The molecule has 0 heterocycles. The van der Waals surface area contributed by atoms with Gasteiger partial charge in [-0.2, -0.15) is 0 Å². The van der Waals surface area contributed by atoms with E-state index in [1.807, 2.05) is 97.1 Å². The topological polar surface area (TPSA) is 18.5 Å². The number of methoxy groups -OCH3 is 2. The lowest BCUT2D eigenvalue weighted by molar-refractivity contribution is 0.417. The zero-order valence-electron chi connectivity index (χ0n) is 26.6. The molecule has 7 rings (SSSR count). The van der Waals surface area contributed by atoms with E-state index in [1.165, 1.54) is 12.1 Å². The summed E-state index contributed by atoms with van der Waals surface area (Å²) < 4.78 is 44.1. The highest BCUT2D eigenvalue weighted by Gasteiger charge is 2.22. The van der Waals surface area contributed by atoms with Crippen molar-refractivity contribution in [2.24, 2.45) is 0 Å². The summed E-state index contributed by atoms with van der Waals surface area (Å²) in [5.41, 5.74) is 8.78. The fourth-order valence-corrected chi connectivity index (χ4v) is 6.35. The number of hydrogen-bond acceptors (Lipinski definition) is 2. The highest BCUT2D eigenvalue weighted by atomic mass is 19.1. The zero-order chi connectivity index (χ0) is 33.0. The van der Waals surface area contributed by atoms with Crippen LogP contribution in [0, 0.1) is 11.6 Å². The van der Waals surface area contributed by atoms with Crippen LogP contribution in [-0.4, -0.2) is 14.2 Å². The van der Waals surface area contributed by atoms with Gasteiger partial charge >= 0.3 is 0 Å². The zero-order valence-corrected chi connectivity index (χ0v) is 26.6. The molecule has 0 aliphatic carbocycles. The van der Waals surface area contributed by atoms with Gasteiger partial charge < -0.3 is 9.47 Å². The largest absolute Gasteiger partial charge is 0.495 e. The summed E-state index contributed by atoms with van der Waals surface area (Å²) in [4.78, 5) is 0. The number of rotatable bonds is 8. The average Bonchev–Trinajstić information content (AvgIpc) is 3.15. The van der Waals surface area contributed by atoms with E-state index in [1.54, 1.807) is 26.4 Å². The van der Waals surface area contributed by atoms with Crippen LogP contribution in [0.3, 0.4) is 0 Å². The molecule has 0 radical (unpaired) electrons. The Morgan fingerprint density at radius 2 is 0.646 bits per heavy atom. The molecule has 0 aliphatic rings. The molecule has 0 aliphatic heterocycles. The molecule has 0 unspecified atom stereocenters. The first-order valence-electron chi connectivity index (χ1n) is 15.7. The number of para-hydroxylation sites is 2. The lowest BCUT2D eigenvalue weighted by Gasteiger charge is -2.18. The number of hydrogen-bond donors (Lipinski definition) is 0. The first kappa shape index (κ1) is 30.6. The van der Waals surface area contributed by atoms with Crippen LogP contribution in [0.2, 0.25) is 0 Å². The Morgan fingerprint density at radius 1 is 0.312 bits per heavy atom. The van der Waals surface area contributed by atoms with E-state index in [0.29, 0.717) is 22.6 Å².